The van der Waals surface area contributed by atoms with Gasteiger partial charge in [0, 0.05) is 25.7 Å². The first kappa shape index (κ1) is 20.4. The van der Waals surface area contributed by atoms with Gasteiger partial charge in [-0.1, -0.05) is 26.0 Å². The zero-order chi connectivity index (χ0) is 19.0. The summed E-state index contributed by atoms with van der Waals surface area (Å²) in [6.45, 7) is 9.15. The molecule has 0 aliphatic carbocycles. The molecular weight excluding hydrogens is 328 g/mol. The Hall–Kier alpha value is -1.95. The van der Waals surface area contributed by atoms with E-state index in [4.69, 9.17) is 4.74 Å². The highest BCUT2D eigenvalue weighted by Gasteiger charge is 2.26. The predicted molar refractivity (Wildman–Crippen MR) is 108 cm³/mol. The zero-order valence-electron chi connectivity index (χ0n) is 16.6. The van der Waals surface area contributed by atoms with Crippen LogP contribution in [0.4, 0.5) is 5.69 Å². The number of nitrogens with one attached hydrogen (secondary N) is 2. The Labute approximate surface area is 157 Å². The fourth-order valence-electron chi connectivity index (χ4n) is 3.20. The van der Waals surface area contributed by atoms with E-state index in [-0.39, 0.29) is 0 Å². The van der Waals surface area contributed by atoms with Gasteiger partial charge in [-0.2, -0.15) is 0 Å². The Morgan fingerprint density at radius 1 is 1.31 bits per heavy atom. The van der Waals surface area contributed by atoms with Gasteiger partial charge < -0.3 is 25.4 Å². The van der Waals surface area contributed by atoms with Crippen molar-refractivity contribution in [2.75, 3.05) is 38.2 Å². The maximum absolute atomic E-state index is 10.5. The molecule has 0 aromatic heterocycles. The van der Waals surface area contributed by atoms with Crippen LogP contribution in [0.15, 0.2) is 29.3 Å². The first-order chi connectivity index (χ1) is 12.5. The SMILES string of the molecule is CCNC(=NCC(O)(CC)CC)NC1CCN(c2ccccc2OC)C1. The van der Waals surface area contributed by atoms with Gasteiger partial charge in [0.2, 0.25) is 0 Å². The van der Waals surface area contributed by atoms with Crippen LogP contribution in [0.25, 0.3) is 0 Å². The van der Waals surface area contributed by atoms with Gasteiger partial charge in [-0.25, -0.2) is 0 Å². The van der Waals surface area contributed by atoms with Gasteiger partial charge in [0.15, 0.2) is 5.96 Å². The van der Waals surface area contributed by atoms with E-state index in [2.05, 4.69) is 33.5 Å². The van der Waals surface area contributed by atoms with Crippen molar-refractivity contribution in [2.24, 2.45) is 4.99 Å². The van der Waals surface area contributed by atoms with Gasteiger partial charge in [-0.3, -0.25) is 4.99 Å². The summed E-state index contributed by atoms with van der Waals surface area (Å²) in [5.41, 5.74) is 0.411. The number of para-hydroxylation sites is 2. The van der Waals surface area contributed by atoms with Crippen LogP contribution in [0.1, 0.15) is 40.0 Å². The first-order valence-corrected chi connectivity index (χ1v) is 9.70. The number of nitrogens with zero attached hydrogens (tertiary/aromatic N) is 2. The number of benzene rings is 1. The van der Waals surface area contributed by atoms with Gasteiger partial charge in [-0.05, 0) is 38.3 Å². The summed E-state index contributed by atoms with van der Waals surface area (Å²) in [5.74, 6) is 1.68. The zero-order valence-corrected chi connectivity index (χ0v) is 16.6. The highest BCUT2D eigenvalue weighted by atomic mass is 16.5. The first-order valence-electron chi connectivity index (χ1n) is 9.70. The number of hydrogen-bond acceptors (Lipinski definition) is 4. The molecule has 1 aromatic rings. The quantitative estimate of drug-likeness (QED) is 0.489. The van der Waals surface area contributed by atoms with E-state index in [0.29, 0.717) is 25.4 Å². The molecule has 2 rings (SSSR count). The highest BCUT2D eigenvalue weighted by molar-refractivity contribution is 5.80. The summed E-state index contributed by atoms with van der Waals surface area (Å²) in [4.78, 5) is 6.97. The molecule has 6 nitrogen and oxygen atoms in total. The molecule has 1 aromatic carbocycles. The lowest BCUT2D eigenvalue weighted by Gasteiger charge is -2.25. The van der Waals surface area contributed by atoms with Crippen LogP contribution in [0.5, 0.6) is 5.75 Å². The standard InChI is InChI=1S/C20H34N4O2/c1-5-20(25,6-2)15-22-19(21-7-3)23-16-12-13-24(14-16)17-10-8-9-11-18(17)26-4/h8-11,16,25H,5-7,12-15H2,1-4H3,(H2,21,22,23). The van der Waals surface area contributed by atoms with E-state index in [1.54, 1.807) is 7.11 Å². The topological polar surface area (TPSA) is 69.1 Å². The second-order valence-corrected chi connectivity index (χ2v) is 6.87. The lowest BCUT2D eigenvalue weighted by Crippen LogP contribution is -2.45. The molecule has 1 unspecified atom stereocenters. The second-order valence-electron chi connectivity index (χ2n) is 6.87. The van der Waals surface area contributed by atoms with E-state index in [0.717, 1.165) is 43.5 Å². The van der Waals surface area contributed by atoms with Crippen molar-refractivity contribution in [3.63, 3.8) is 0 Å². The van der Waals surface area contributed by atoms with Gasteiger partial charge >= 0.3 is 0 Å². The van der Waals surface area contributed by atoms with Gasteiger partial charge in [0.1, 0.15) is 5.75 Å². The number of ether oxygens (including phenoxy) is 1. The molecule has 6 heteroatoms. The number of rotatable bonds is 8. The van der Waals surface area contributed by atoms with Gasteiger partial charge in [-0.15, -0.1) is 0 Å². The second kappa shape index (κ2) is 9.67. The van der Waals surface area contributed by atoms with Crippen molar-refractivity contribution < 1.29 is 9.84 Å². The molecule has 0 spiro atoms. The minimum Gasteiger partial charge on any atom is -0.495 e. The third kappa shape index (κ3) is 5.27. The van der Waals surface area contributed by atoms with Crippen molar-refractivity contribution in [2.45, 2.75) is 51.7 Å². The van der Waals surface area contributed by atoms with E-state index in [1.165, 1.54) is 0 Å². The van der Waals surface area contributed by atoms with Crippen molar-refractivity contribution >= 4 is 11.6 Å². The number of methoxy groups -OCH3 is 1. The number of aliphatic imine (C=N–C) groups is 1. The smallest absolute Gasteiger partial charge is 0.191 e. The van der Waals surface area contributed by atoms with Crippen molar-refractivity contribution in [3.8, 4) is 5.75 Å². The average molecular weight is 363 g/mol. The molecule has 1 heterocycles. The largest absolute Gasteiger partial charge is 0.495 e. The van der Waals surface area contributed by atoms with Crippen molar-refractivity contribution in [1.82, 2.24) is 10.6 Å². The Morgan fingerprint density at radius 2 is 2.04 bits per heavy atom. The van der Waals surface area contributed by atoms with Crippen LogP contribution in [0, 0.1) is 0 Å². The summed E-state index contributed by atoms with van der Waals surface area (Å²) < 4.78 is 5.49. The fourth-order valence-corrected chi connectivity index (χ4v) is 3.20. The van der Waals surface area contributed by atoms with Crippen molar-refractivity contribution in [3.05, 3.63) is 24.3 Å². The normalized spacial score (nSPS) is 18.1. The molecule has 1 aliphatic rings. The minimum absolute atomic E-state index is 0.314. The van der Waals surface area contributed by atoms with E-state index in [9.17, 15) is 5.11 Å². The molecule has 0 radical (unpaired) electrons. The molecule has 0 amide bonds. The lowest BCUT2D eigenvalue weighted by molar-refractivity contribution is 0.0418. The number of guanidine groups is 1. The number of hydrogen-bond donors (Lipinski definition) is 3. The van der Waals surface area contributed by atoms with Gasteiger partial charge in [0.25, 0.3) is 0 Å². The molecule has 3 N–H and O–H groups in total. The van der Waals surface area contributed by atoms with Crippen LogP contribution in [0.2, 0.25) is 0 Å². The van der Waals surface area contributed by atoms with Gasteiger partial charge in [0.05, 0.1) is 24.9 Å². The molecule has 0 saturated carbocycles. The van der Waals surface area contributed by atoms with Crippen LogP contribution < -0.4 is 20.3 Å². The molecular formula is C20H34N4O2. The summed E-state index contributed by atoms with van der Waals surface area (Å²) >= 11 is 0. The highest BCUT2D eigenvalue weighted by Crippen LogP contribution is 2.30. The van der Waals surface area contributed by atoms with Crippen LogP contribution in [-0.4, -0.2) is 56.0 Å². The molecule has 1 fully saturated rings. The Balaban J connectivity index is 2.00. The summed E-state index contributed by atoms with van der Waals surface area (Å²) in [6, 6.07) is 8.45. The molecule has 0 bridgehead atoms. The monoisotopic (exact) mass is 362 g/mol. The predicted octanol–water partition coefficient (Wildman–Crippen LogP) is 2.38. The minimum atomic E-state index is -0.721. The third-order valence-electron chi connectivity index (χ3n) is 5.15. The molecule has 1 atom stereocenters. The van der Waals surface area contributed by atoms with Crippen LogP contribution >= 0.6 is 0 Å². The average Bonchev–Trinajstić information content (AvgIpc) is 3.14. The Morgan fingerprint density at radius 3 is 2.69 bits per heavy atom. The maximum atomic E-state index is 10.5. The van der Waals surface area contributed by atoms with Crippen LogP contribution in [0.3, 0.4) is 0 Å². The maximum Gasteiger partial charge on any atom is 0.191 e. The fraction of sp³-hybridized carbons (Fsp3) is 0.650. The number of aliphatic hydroxyl groups is 1. The lowest BCUT2D eigenvalue weighted by atomic mass is 9.98. The molecule has 1 aliphatic heterocycles. The number of anilines is 1. The third-order valence-corrected chi connectivity index (χ3v) is 5.15. The van der Waals surface area contributed by atoms with Crippen molar-refractivity contribution in [1.29, 1.82) is 0 Å². The summed E-state index contributed by atoms with van der Waals surface area (Å²) in [5, 5.41) is 17.3. The summed E-state index contributed by atoms with van der Waals surface area (Å²) in [7, 11) is 1.71. The summed E-state index contributed by atoms with van der Waals surface area (Å²) in [6.07, 6.45) is 2.45. The van der Waals surface area contributed by atoms with E-state index in [1.807, 2.05) is 32.0 Å². The van der Waals surface area contributed by atoms with Crippen LogP contribution in [-0.2, 0) is 0 Å². The molecule has 1 saturated heterocycles. The molecule has 146 valence electrons. The Bertz CT molecular complexity index is 587. The molecule has 26 heavy (non-hydrogen) atoms. The van der Waals surface area contributed by atoms with E-state index < -0.39 is 5.60 Å². The van der Waals surface area contributed by atoms with E-state index >= 15 is 0 Å². The Kier molecular flexibility index (Phi) is 7.57.